The van der Waals surface area contributed by atoms with Gasteiger partial charge in [-0.15, -0.1) is 0 Å². The van der Waals surface area contributed by atoms with Crippen LogP contribution in [0.2, 0.25) is 0 Å². The number of hydrogen-bond donors (Lipinski definition) is 0. The molecule has 0 spiro atoms. The van der Waals surface area contributed by atoms with Crippen LogP contribution in [-0.4, -0.2) is 9.13 Å². The molecule has 9 rings (SSSR count). The summed E-state index contributed by atoms with van der Waals surface area (Å²) in [6.07, 6.45) is 9.02. The number of aromatic nitrogens is 2. The molecule has 0 saturated carbocycles. The number of hydrogen-bond acceptors (Lipinski definition) is 1. The van der Waals surface area contributed by atoms with Gasteiger partial charge in [0.25, 0.3) is 0 Å². The van der Waals surface area contributed by atoms with Crippen molar-refractivity contribution in [3.63, 3.8) is 0 Å². The minimum atomic E-state index is 1.03. The molecule has 0 saturated heterocycles. The van der Waals surface area contributed by atoms with Crippen LogP contribution < -0.4 is 4.90 Å². The summed E-state index contributed by atoms with van der Waals surface area (Å²) in [5.41, 5.74) is 10.5. The van der Waals surface area contributed by atoms with Crippen molar-refractivity contribution >= 4 is 55.0 Å². The normalized spacial score (nSPS) is 13.2. The summed E-state index contributed by atoms with van der Waals surface area (Å²) in [5.74, 6) is 0. The number of para-hydroxylation sites is 5. The average molecular weight is 578 g/mol. The van der Waals surface area contributed by atoms with Gasteiger partial charge in [-0.3, -0.25) is 0 Å². The molecule has 3 nitrogen and oxygen atoms in total. The molecular weight excluding hydrogens is 546 g/mol. The molecule has 214 valence electrons. The number of rotatable bonds is 5. The zero-order valence-corrected chi connectivity index (χ0v) is 24.8. The SMILES string of the molecule is C1=CC(N(c2ccccc2)c2cc(-n3c4ccccc4c4ccccc43)cc(-n3c4ccccc4c4ccccc43)c2)=CCC1. The summed E-state index contributed by atoms with van der Waals surface area (Å²) in [6, 6.07) is 52.8. The summed E-state index contributed by atoms with van der Waals surface area (Å²) in [5, 5.41) is 5.04. The maximum Gasteiger partial charge on any atom is 0.0541 e. The van der Waals surface area contributed by atoms with E-state index in [4.69, 9.17) is 0 Å². The monoisotopic (exact) mass is 577 g/mol. The van der Waals surface area contributed by atoms with Crippen LogP contribution in [0, 0.1) is 0 Å². The number of fused-ring (bicyclic) bond motifs is 6. The highest BCUT2D eigenvalue weighted by molar-refractivity contribution is 6.10. The lowest BCUT2D eigenvalue weighted by Gasteiger charge is -2.29. The van der Waals surface area contributed by atoms with E-state index in [9.17, 15) is 0 Å². The Morgan fingerprint density at radius 2 is 0.867 bits per heavy atom. The molecule has 1 aliphatic carbocycles. The molecular formula is C42H31N3. The Bertz CT molecular complexity index is 2200. The van der Waals surface area contributed by atoms with Gasteiger partial charge in [-0.25, -0.2) is 0 Å². The van der Waals surface area contributed by atoms with Crippen LogP contribution in [0.4, 0.5) is 11.4 Å². The molecule has 8 aromatic rings. The minimum absolute atomic E-state index is 1.03. The van der Waals surface area contributed by atoms with Crippen LogP contribution >= 0.6 is 0 Å². The number of allylic oxidation sites excluding steroid dienone is 3. The molecule has 2 aromatic heterocycles. The molecule has 1 aliphatic rings. The molecule has 0 N–H and O–H groups in total. The highest BCUT2D eigenvalue weighted by Crippen LogP contribution is 2.40. The molecule has 0 amide bonds. The van der Waals surface area contributed by atoms with Crippen molar-refractivity contribution in [1.29, 1.82) is 0 Å². The minimum Gasteiger partial charge on any atom is -0.311 e. The van der Waals surface area contributed by atoms with Crippen LogP contribution in [0.25, 0.3) is 55.0 Å². The molecule has 3 heteroatoms. The van der Waals surface area contributed by atoms with E-state index in [0.717, 1.165) is 35.6 Å². The van der Waals surface area contributed by atoms with E-state index in [1.807, 2.05) is 0 Å². The van der Waals surface area contributed by atoms with Gasteiger partial charge in [0.15, 0.2) is 0 Å². The van der Waals surface area contributed by atoms with Gasteiger partial charge in [-0.1, -0.05) is 103 Å². The third-order valence-electron chi connectivity index (χ3n) is 9.07. The van der Waals surface area contributed by atoms with Crippen LogP contribution in [0.5, 0.6) is 0 Å². The van der Waals surface area contributed by atoms with Crippen molar-refractivity contribution in [3.8, 4) is 11.4 Å². The van der Waals surface area contributed by atoms with Crippen LogP contribution in [0.3, 0.4) is 0 Å². The standard InChI is InChI=1S/C42H31N3/c1-3-15-30(16-4-1)43(31-17-5-2-6-18-31)32-27-33(44-39-23-11-7-19-35(39)36-20-8-12-24-40(36)44)29-34(28-32)45-41-25-13-9-21-37(41)38-22-10-14-26-42(38)45/h1,3-5,7-29H,2,6H2. The van der Waals surface area contributed by atoms with Crippen molar-refractivity contribution in [2.24, 2.45) is 0 Å². The Morgan fingerprint density at radius 3 is 1.31 bits per heavy atom. The first kappa shape index (κ1) is 25.7. The highest BCUT2D eigenvalue weighted by Gasteiger charge is 2.20. The van der Waals surface area contributed by atoms with E-state index in [0.29, 0.717) is 0 Å². The van der Waals surface area contributed by atoms with Gasteiger partial charge in [-0.05, 0) is 73.5 Å². The summed E-state index contributed by atoms with van der Waals surface area (Å²) < 4.78 is 4.86. The van der Waals surface area contributed by atoms with E-state index in [2.05, 4.69) is 178 Å². The molecule has 0 atom stereocenters. The van der Waals surface area contributed by atoms with E-state index in [1.165, 1.54) is 49.3 Å². The van der Waals surface area contributed by atoms with E-state index in [1.54, 1.807) is 0 Å². The number of benzene rings is 6. The van der Waals surface area contributed by atoms with Crippen molar-refractivity contribution < 1.29 is 0 Å². The Labute approximate surface area is 262 Å². The van der Waals surface area contributed by atoms with Gasteiger partial charge in [0.2, 0.25) is 0 Å². The van der Waals surface area contributed by atoms with Crippen molar-refractivity contribution in [2.75, 3.05) is 4.90 Å². The lowest BCUT2D eigenvalue weighted by Crippen LogP contribution is -2.17. The van der Waals surface area contributed by atoms with Gasteiger partial charge in [0.1, 0.15) is 0 Å². The lowest BCUT2D eigenvalue weighted by atomic mass is 10.1. The zero-order chi connectivity index (χ0) is 29.7. The summed E-state index contributed by atoms with van der Waals surface area (Å²) >= 11 is 0. The molecule has 2 heterocycles. The second-order valence-electron chi connectivity index (χ2n) is 11.7. The maximum atomic E-state index is 2.43. The third-order valence-corrected chi connectivity index (χ3v) is 9.07. The summed E-state index contributed by atoms with van der Waals surface area (Å²) in [7, 11) is 0. The first-order chi connectivity index (χ1) is 22.3. The second kappa shape index (κ2) is 10.4. The lowest BCUT2D eigenvalue weighted by molar-refractivity contribution is 0.996. The average Bonchev–Trinajstić information content (AvgIpc) is 3.63. The Balaban J connectivity index is 1.40. The van der Waals surface area contributed by atoms with Gasteiger partial charge >= 0.3 is 0 Å². The quantitative estimate of drug-likeness (QED) is 0.198. The molecule has 0 unspecified atom stereocenters. The Hall–Kier alpha value is -5.80. The largest absolute Gasteiger partial charge is 0.311 e. The summed E-state index contributed by atoms with van der Waals surface area (Å²) in [4.78, 5) is 2.41. The van der Waals surface area contributed by atoms with Gasteiger partial charge < -0.3 is 14.0 Å². The van der Waals surface area contributed by atoms with E-state index < -0.39 is 0 Å². The van der Waals surface area contributed by atoms with Gasteiger partial charge in [-0.2, -0.15) is 0 Å². The predicted molar refractivity (Wildman–Crippen MR) is 190 cm³/mol. The topological polar surface area (TPSA) is 13.1 Å². The molecule has 0 radical (unpaired) electrons. The smallest absolute Gasteiger partial charge is 0.0541 e. The fourth-order valence-electron chi connectivity index (χ4n) is 7.16. The Kier molecular flexibility index (Phi) is 5.95. The zero-order valence-electron chi connectivity index (χ0n) is 24.8. The van der Waals surface area contributed by atoms with Crippen molar-refractivity contribution in [1.82, 2.24) is 9.13 Å². The van der Waals surface area contributed by atoms with Crippen molar-refractivity contribution in [3.05, 3.63) is 170 Å². The molecule has 0 aliphatic heterocycles. The van der Waals surface area contributed by atoms with E-state index in [-0.39, 0.29) is 0 Å². The Morgan fingerprint density at radius 1 is 0.422 bits per heavy atom. The van der Waals surface area contributed by atoms with Crippen LogP contribution in [-0.2, 0) is 0 Å². The summed E-state index contributed by atoms with van der Waals surface area (Å²) in [6.45, 7) is 0. The first-order valence-electron chi connectivity index (χ1n) is 15.7. The number of nitrogens with zero attached hydrogens (tertiary/aromatic N) is 3. The van der Waals surface area contributed by atoms with Gasteiger partial charge in [0, 0.05) is 32.9 Å². The molecule has 6 aromatic carbocycles. The second-order valence-corrected chi connectivity index (χ2v) is 11.7. The third kappa shape index (κ3) is 4.12. The molecule has 45 heavy (non-hydrogen) atoms. The fraction of sp³-hybridized carbons (Fsp3) is 0.0476. The predicted octanol–water partition coefficient (Wildman–Crippen LogP) is 11.3. The van der Waals surface area contributed by atoms with Gasteiger partial charge in [0.05, 0.1) is 39.1 Å². The van der Waals surface area contributed by atoms with E-state index >= 15 is 0 Å². The maximum absolute atomic E-state index is 2.43. The molecule has 0 fully saturated rings. The molecule has 0 bridgehead atoms. The highest BCUT2D eigenvalue weighted by atomic mass is 15.2. The van der Waals surface area contributed by atoms with Crippen LogP contribution in [0.1, 0.15) is 12.8 Å². The van der Waals surface area contributed by atoms with Crippen molar-refractivity contribution in [2.45, 2.75) is 12.8 Å². The van der Waals surface area contributed by atoms with Crippen LogP contribution in [0.15, 0.2) is 170 Å². The fourth-order valence-corrected chi connectivity index (χ4v) is 7.16. The first-order valence-corrected chi connectivity index (χ1v) is 15.7. The number of anilines is 2.